The third-order valence-electron chi connectivity index (χ3n) is 3.83. The number of hydrogen-bond acceptors (Lipinski definition) is 5. The number of carbonyl (C=O) groups is 3. The van der Waals surface area contributed by atoms with Crippen molar-refractivity contribution in [2.24, 2.45) is 0 Å². The molecule has 2 aromatic carbocycles. The molecule has 0 saturated heterocycles. The molecule has 0 fully saturated rings. The van der Waals surface area contributed by atoms with E-state index >= 15 is 0 Å². The van der Waals surface area contributed by atoms with Gasteiger partial charge in [0.15, 0.2) is 6.61 Å². The highest BCUT2D eigenvalue weighted by Gasteiger charge is 2.13. The summed E-state index contributed by atoms with van der Waals surface area (Å²) in [6, 6.07) is 13.0. The number of aryl methyl sites for hydroxylation is 3. The van der Waals surface area contributed by atoms with Crippen molar-refractivity contribution in [1.29, 1.82) is 0 Å². The third kappa shape index (κ3) is 6.90. The zero-order valence-electron chi connectivity index (χ0n) is 15.7. The molecule has 6 heteroatoms. The first-order valence-corrected chi connectivity index (χ1v) is 9.71. The van der Waals surface area contributed by atoms with Gasteiger partial charge in [0.05, 0.1) is 11.5 Å². The Balaban J connectivity index is 1.69. The smallest absolute Gasteiger partial charge is 0.316 e. The van der Waals surface area contributed by atoms with E-state index in [0.29, 0.717) is 11.3 Å². The van der Waals surface area contributed by atoms with E-state index < -0.39 is 5.97 Å². The molecular formula is C21H23NO4S. The van der Waals surface area contributed by atoms with Crippen molar-refractivity contribution in [1.82, 2.24) is 0 Å². The molecule has 2 aromatic rings. The van der Waals surface area contributed by atoms with E-state index in [1.54, 1.807) is 6.07 Å². The number of ether oxygens (including phenoxy) is 1. The normalized spacial score (nSPS) is 10.3. The highest BCUT2D eigenvalue weighted by Crippen LogP contribution is 2.12. The summed E-state index contributed by atoms with van der Waals surface area (Å²) in [5.74, 6) is -0.789. The number of anilines is 1. The molecule has 27 heavy (non-hydrogen) atoms. The first kappa shape index (κ1) is 20.7. The number of carbonyl (C=O) groups excluding carboxylic acids is 3. The molecule has 0 heterocycles. The third-order valence-corrected chi connectivity index (χ3v) is 4.74. The second-order valence-electron chi connectivity index (χ2n) is 6.31. The van der Waals surface area contributed by atoms with Gasteiger partial charge in [0, 0.05) is 11.3 Å². The zero-order chi connectivity index (χ0) is 19.8. The summed E-state index contributed by atoms with van der Waals surface area (Å²) in [7, 11) is 0. The van der Waals surface area contributed by atoms with Crippen molar-refractivity contribution in [3.63, 3.8) is 0 Å². The summed E-state index contributed by atoms with van der Waals surface area (Å²) in [6.45, 7) is 5.48. The molecule has 0 radical (unpaired) electrons. The van der Waals surface area contributed by atoms with Crippen LogP contribution in [0.1, 0.15) is 27.0 Å². The number of benzene rings is 2. The predicted octanol–water partition coefficient (Wildman–Crippen LogP) is 3.71. The maximum Gasteiger partial charge on any atom is 0.316 e. The Labute approximate surface area is 163 Å². The van der Waals surface area contributed by atoms with E-state index in [4.69, 9.17) is 4.74 Å². The fourth-order valence-electron chi connectivity index (χ4n) is 2.45. The van der Waals surface area contributed by atoms with Crippen molar-refractivity contribution in [3.05, 3.63) is 64.7 Å². The number of hydrogen-bond donors (Lipinski definition) is 1. The van der Waals surface area contributed by atoms with E-state index in [9.17, 15) is 14.4 Å². The van der Waals surface area contributed by atoms with Crippen LogP contribution in [0.3, 0.4) is 0 Å². The Morgan fingerprint density at radius 1 is 0.926 bits per heavy atom. The Morgan fingerprint density at radius 3 is 2.26 bits per heavy atom. The second kappa shape index (κ2) is 9.92. The van der Waals surface area contributed by atoms with Gasteiger partial charge in [-0.25, -0.2) is 0 Å². The summed E-state index contributed by atoms with van der Waals surface area (Å²) >= 11 is 1.15. The van der Waals surface area contributed by atoms with Gasteiger partial charge in [-0.1, -0.05) is 41.5 Å². The fraction of sp³-hybridized carbons (Fsp3) is 0.286. The van der Waals surface area contributed by atoms with Gasteiger partial charge in [-0.2, -0.15) is 0 Å². The molecule has 2 rings (SSSR count). The average molecular weight is 385 g/mol. The SMILES string of the molecule is Cc1ccc(NC(=O)CSCC(=O)OCC(=O)c2ccc(C)cc2C)cc1. The molecule has 0 aliphatic rings. The lowest BCUT2D eigenvalue weighted by Crippen LogP contribution is -2.18. The van der Waals surface area contributed by atoms with E-state index in [2.05, 4.69) is 5.32 Å². The van der Waals surface area contributed by atoms with Gasteiger partial charge in [0.2, 0.25) is 11.7 Å². The topological polar surface area (TPSA) is 72.5 Å². The molecule has 1 amide bonds. The van der Waals surface area contributed by atoms with Crippen molar-refractivity contribution in [2.45, 2.75) is 20.8 Å². The van der Waals surface area contributed by atoms with Gasteiger partial charge >= 0.3 is 5.97 Å². The Kier molecular flexibility index (Phi) is 7.61. The fourth-order valence-corrected chi connectivity index (χ4v) is 3.06. The number of ketones is 1. The lowest BCUT2D eigenvalue weighted by Gasteiger charge is -2.08. The molecule has 0 bridgehead atoms. The molecule has 0 aromatic heterocycles. The minimum absolute atomic E-state index is 0.0154. The second-order valence-corrected chi connectivity index (χ2v) is 7.29. The number of amides is 1. The number of esters is 1. The molecule has 5 nitrogen and oxygen atoms in total. The minimum atomic E-state index is -0.513. The molecule has 0 aliphatic heterocycles. The quantitative estimate of drug-likeness (QED) is 0.554. The number of nitrogens with one attached hydrogen (secondary N) is 1. The minimum Gasteiger partial charge on any atom is -0.457 e. The molecule has 0 spiro atoms. The largest absolute Gasteiger partial charge is 0.457 e. The number of thioether (sulfide) groups is 1. The van der Waals surface area contributed by atoms with Crippen molar-refractivity contribution >= 4 is 35.1 Å². The van der Waals surface area contributed by atoms with E-state index in [1.807, 2.05) is 57.2 Å². The Morgan fingerprint density at radius 2 is 1.59 bits per heavy atom. The first-order chi connectivity index (χ1) is 12.8. The van der Waals surface area contributed by atoms with Crippen LogP contribution in [-0.4, -0.2) is 35.8 Å². The predicted molar refractivity (Wildman–Crippen MR) is 108 cm³/mol. The molecular weight excluding hydrogens is 362 g/mol. The zero-order valence-corrected chi connectivity index (χ0v) is 16.5. The van der Waals surface area contributed by atoms with Gasteiger partial charge in [-0.3, -0.25) is 14.4 Å². The molecule has 0 saturated carbocycles. The van der Waals surface area contributed by atoms with E-state index in [1.165, 1.54) is 0 Å². The summed E-state index contributed by atoms with van der Waals surface area (Å²) in [5.41, 5.74) is 4.31. The van der Waals surface area contributed by atoms with Crippen molar-refractivity contribution < 1.29 is 19.1 Å². The Bertz CT molecular complexity index is 831. The summed E-state index contributed by atoms with van der Waals surface area (Å²) < 4.78 is 5.02. The van der Waals surface area contributed by atoms with Gasteiger partial charge < -0.3 is 10.1 Å². The van der Waals surface area contributed by atoms with Crippen LogP contribution in [0.5, 0.6) is 0 Å². The van der Waals surface area contributed by atoms with Crippen LogP contribution in [0.2, 0.25) is 0 Å². The van der Waals surface area contributed by atoms with Gasteiger partial charge in [-0.05, 0) is 38.5 Å². The highest BCUT2D eigenvalue weighted by atomic mass is 32.2. The Hall–Kier alpha value is -2.60. The van der Waals surface area contributed by atoms with Gasteiger partial charge in [0.25, 0.3) is 0 Å². The lowest BCUT2D eigenvalue weighted by molar-refractivity contribution is -0.139. The summed E-state index contributed by atoms with van der Waals surface area (Å²) in [5, 5.41) is 2.76. The monoisotopic (exact) mass is 385 g/mol. The van der Waals surface area contributed by atoms with E-state index in [-0.39, 0.29) is 29.8 Å². The first-order valence-electron chi connectivity index (χ1n) is 8.55. The maximum absolute atomic E-state index is 12.1. The molecule has 1 N–H and O–H groups in total. The van der Waals surface area contributed by atoms with E-state index in [0.717, 1.165) is 28.5 Å². The van der Waals surface area contributed by atoms with Crippen LogP contribution >= 0.6 is 11.8 Å². The molecule has 142 valence electrons. The van der Waals surface area contributed by atoms with Crippen LogP contribution in [-0.2, 0) is 14.3 Å². The summed E-state index contributed by atoms with van der Waals surface area (Å²) in [6.07, 6.45) is 0. The molecule has 0 atom stereocenters. The van der Waals surface area contributed by atoms with Gasteiger partial charge in [0.1, 0.15) is 0 Å². The van der Waals surface area contributed by atoms with Gasteiger partial charge in [-0.15, -0.1) is 11.8 Å². The van der Waals surface area contributed by atoms with Crippen LogP contribution in [0, 0.1) is 20.8 Å². The van der Waals surface area contributed by atoms with Crippen LogP contribution in [0.25, 0.3) is 0 Å². The highest BCUT2D eigenvalue weighted by molar-refractivity contribution is 8.00. The number of rotatable bonds is 8. The lowest BCUT2D eigenvalue weighted by atomic mass is 10.0. The van der Waals surface area contributed by atoms with Crippen molar-refractivity contribution in [2.75, 3.05) is 23.4 Å². The van der Waals surface area contributed by atoms with Crippen LogP contribution in [0.4, 0.5) is 5.69 Å². The maximum atomic E-state index is 12.1. The standard InChI is InChI=1S/C21H23NO4S/c1-14-4-7-17(8-5-14)22-20(24)12-27-13-21(25)26-11-19(23)18-9-6-15(2)10-16(18)3/h4-10H,11-13H2,1-3H3,(H,22,24). The molecule has 0 unspecified atom stereocenters. The summed E-state index contributed by atoms with van der Waals surface area (Å²) in [4.78, 5) is 35.8. The average Bonchev–Trinajstić information content (AvgIpc) is 2.61. The number of Topliss-reactive ketones (excluding diaryl/α,β-unsaturated/α-hetero) is 1. The van der Waals surface area contributed by atoms with Crippen LogP contribution < -0.4 is 5.32 Å². The molecule has 0 aliphatic carbocycles. The van der Waals surface area contributed by atoms with Crippen LogP contribution in [0.15, 0.2) is 42.5 Å². The van der Waals surface area contributed by atoms with Crippen molar-refractivity contribution in [3.8, 4) is 0 Å².